The van der Waals surface area contributed by atoms with E-state index in [0.29, 0.717) is 5.92 Å². The van der Waals surface area contributed by atoms with E-state index >= 15 is 0 Å². The second kappa shape index (κ2) is 4.80. The number of ether oxygens (including phenoxy) is 1. The minimum Gasteiger partial charge on any atom is -0.496 e. The largest absolute Gasteiger partial charge is 0.496 e. The Balaban J connectivity index is 1.81. The number of hydrogen-bond donors (Lipinski definition) is 2. The second-order valence-corrected chi connectivity index (χ2v) is 4.21. The van der Waals surface area contributed by atoms with E-state index in [0.717, 1.165) is 44.7 Å². The third kappa shape index (κ3) is 2.49. The molecule has 2 atom stereocenters. The van der Waals surface area contributed by atoms with Gasteiger partial charge in [-0.3, -0.25) is 0 Å². The van der Waals surface area contributed by atoms with Gasteiger partial charge in [0.1, 0.15) is 11.9 Å². The molecule has 0 saturated carbocycles. The van der Waals surface area contributed by atoms with Crippen LogP contribution in [0.15, 0.2) is 11.8 Å². The zero-order valence-electron chi connectivity index (χ0n) is 8.54. The molecule has 3 nitrogen and oxygen atoms in total. The van der Waals surface area contributed by atoms with Crippen molar-refractivity contribution in [1.29, 1.82) is 0 Å². The lowest BCUT2D eigenvalue weighted by Crippen LogP contribution is -2.21. The van der Waals surface area contributed by atoms with Crippen molar-refractivity contribution < 1.29 is 9.84 Å². The minimum absolute atomic E-state index is 0.375. The van der Waals surface area contributed by atoms with Crippen LogP contribution < -0.4 is 5.32 Å². The summed E-state index contributed by atoms with van der Waals surface area (Å²) in [5, 5.41) is 13.2. The summed E-state index contributed by atoms with van der Waals surface area (Å²) in [7, 11) is 0. The molecule has 2 rings (SSSR count). The van der Waals surface area contributed by atoms with E-state index in [-0.39, 0.29) is 6.10 Å². The highest BCUT2D eigenvalue weighted by molar-refractivity contribution is 5.02. The zero-order valence-corrected chi connectivity index (χ0v) is 8.54. The summed E-state index contributed by atoms with van der Waals surface area (Å²) in [6, 6.07) is 0. The number of aliphatic hydroxyl groups is 1. The summed E-state index contributed by atoms with van der Waals surface area (Å²) in [6.07, 6.45) is 5.83. The van der Waals surface area contributed by atoms with Gasteiger partial charge in [0.05, 0.1) is 6.61 Å². The molecule has 80 valence electrons. The van der Waals surface area contributed by atoms with E-state index in [1.165, 1.54) is 6.42 Å². The molecule has 0 amide bonds. The first-order chi connectivity index (χ1) is 6.86. The van der Waals surface area contributed by atoms with Gasteiger partial charge in [0.2, 0.25) is 0 Å². The standard InChI is InChI=1S/C11H19NO2/c13-10(7-9-4-5-12-8-9)11-3-1-2-6-14-11/h3,9-10,12-13H,1-2,4-8H2. The third-order valence-electron chi connectivity index (χ3n) is 3.01. The first-order valence-electron chi connectivity index (χ1n) is 5.58. The molecule has 2 aliphatic heterocycles. The van der Waals surface area contributed by atoms with Crippen molar-refractivity contribution in [1.82, 2.24) is 5.32 Å². The fourth-order valence-corrected chi connectivity index (χ4v) is 2.16. The Morgan fingerprint density at radius 2 is 2.57 bits per heavy atom. The highest BCUT2D eigenvalue weighted by Gasteiger charge is 2.22. The molecule has 0 aromatic heterocycles. The van der Waals surface area contributed by atoms with E-state index in [1.807, 2.05) is 6.08 Å². The molecular formula is C11H19NO2. The van der Waals surface area contributed by atoms with Gasteiger partial charge in [-0.25, -0.2) is 0 Å². The SMILES string of the molecule is OC(CC1CCNC1)C1=CCCCO1. The molecule has 3 heteroatoms. The maximum atomic E-state index is 9.91. The number of hydrogen-bond acceptors (Lipinski definition) is 3. The van der Waals surface area contributed by atoms with Gasteiger partial charge in [0.25, 0.3) is 0 Å². The van der Waals surface area contributed by atoms with E-state index in [9.17, 15) is 5.11 Å². The van der Waals surface area contributed by atoms with Crippen molar-refractivity contribution in [2.75, 3.05) is 19.7 Å². The Morgan fingerprint density at radius 3 is 3.21 bits per heavy atom. The van der Waals surface area contributed by atoms with Gasteiger partial charge in [0.15, 0.2) is 0 Å². The lowest BCUT2D eigenvalue weighted by molar-refractivity contribution is 0.0778. The number of aliphatic hydroxyl groups excluding tert-OH is 1. The Morgan fingerprint density at radius 1 is 1.64 bits per heavy atom. The smallest absolute Gasteiger partial charge is 0.120 e. The molecule has 14 heavy (non-hydrogen) atoms. The first kappa shape index (κ1) is 9.99. The molecule has 0 aliphatic carbocycles. The maximum absolute atomic E-state index is 9.91. The summed E-state index contributed by atoms with van der Waals surface area (Å²) >= 11 is 0. The maximum Gasteiger partial charge on any atom is 0.120 e. The highest BCUT2D eigenvalue weighted by Crippen LogP contribution is 2.21. The van der Waals surface area contributed by atoms with Gasteiger partial charge in [-0.2, -0.15) is 0 Å². The molecule has 0 aromatic rings. The average molecular weight is 197 g/mol. The summed E-state index contributed by atoms with van der Waals surface area (Å²) < 4.78 is 5.44. The number of nitrogens with one attached hydrogen (secondary N) is 1. The monoisotopic (exact) mass is 197 g/mol. The minimum atomic E-state index is -0.375. The van der Waals surface area contributed by atoms with Gasteiger partial charge < -0.3 is 15.2 Å². The molecular weight excluding hydrogens is 178 g/mol. The van der Waals surface area contributed by atoms with E-state index in [1.54, 1.807) is 0 Å². The molecule has 2 N–H and O–H groups in total. The normalized spacial score (nSPS) is 29.5. The molecule has 1 fully saturated rings. The van der Waals surface area contributed by atoms with Crippen LogP contribution in [-0.2, 0) is 4.74 Å². The van der Waals surface area contributed by atoms with E-state index < -0.39 is 0 Å². The van der Waals surface area contributed by atoms with Crippen molar-refractivity contribution in [3.8, 4) is 0 Å². The van der Waals surface area contributed by atoms with Crippen LogP contribution in [0.4, 0.5) is 0 Å². The lowest BCUT2D eigenvalue weighted by Gasteiger charge is -2.21. The van der Waals surface area contributed by atoms with Gasteiger partial charge in [-0.1, -0.05) is 0 Å². The van der Waals surface area contributed by atoms with Crippen molar-refractivity contribution in [3.05, 3.63) is 11.8 Å². The first-order valence-corrected chi connectivity index (χ1v) is 5.58. The van der Waals surface area contributed by atoms with Crippen molar-refractivity contribution in [2.45, 2.75) is 31.8 Å². The Kier molecular flexibility index (Phi) is 3.43. The van der Waals surface area contributed by atoms with Crippen LogP contribution in [0, 0.1) is 5.92 Å². The number of allylic oxidation sites excluding steroid dienone is 1. The number of rotatable bonds is 3. The molecule has 2 aliphatic rings. The average Bonchev–Trinajstić information content (AvgIpc) is 2.72. The molecule has 0 bridgehead atoms. The summed E-state index contributed by atoms with van der Waals surface area (Å²) in [5.41, 5.74) is 0. The topological polar surface area (TPSA) is 41.5 Å². The van der Waals surface area contributed by atoms with Crippen LogP contribution in [0.1, 0.15) is 25.7 Å². The van der Waals surface area contributed by atoms with Gasteiger partial charge in [-0.05, 0) is 50.8 Å². The molecule has 2 heterocycles. The fourth-order valence-electron chi connectivity index (χ4n) is 2.16. The fraction of sp³-hybridized carbons (Fsp3) is 0.818. The van der Waals surface area contributed by atoms with E-state index in [4.69, 9.17) is 4.74 Å². The molecule has 0 radical (unpaired) electrons. The van der Waals surface area contributed by atoms with Gasteiger partial charge in [-0.15, -0.1) is 0 Å². The predicted molar refractivity (Wildman–Crippen MR) is 54.9 cm³/mol. The van der Waals surface area contributed by atoms with Gasteiger partial charge >= 0.3 is 0 Å². The van der Waals surface area contributed by atoms with Crippen LogP contribution in [0.2, 0.25) is 0 Å². The quantitative estimate of drug-likeness (QED) is 0.710. The van der Waals surface area contributed by atoms with Crippen molar-refractivity contribution in [2.24, 2.45) is 5.92 Å². The van der Waals surface area contributed by atoms with Crippen molar-refractivity contribution in [3.63, 3.8) is 0 Å². The third-order valence-corrected chi connectivity index (χ3v) is 3.01. The summed E-state index contributed by atoms with van der Waals surface area (Å²) in [4.78, 5) is 0. The van der Waals surface area contributed by atoms with Crippen LogP contribution in [0.3, 0.4) is 0 Å². The molecule has 0 spiro atoms. The summed E-state index contributed by atoms with van der Waals surface area (Å²) in [6.45, 7) is 2.91. The van der Waals surface area contributed by atoms with Gasteiger partial charge in [0, 0.05) is 0 Å². The molecule has 2 unspecified atom stereocenters. The predicted octanol–water partition coefficient (Wildman–Crippen LogP) is 1.04. The van der Waals surface area contributed by atoms with E-state index in [2.05, 4.69) is 5.32 Å². The summed E-state index contributed by atoms with van der Waals surface area (Å²) in [5.74, 6) is 1.43. The van der Waals surface area contributed by atoms with Crippen LogP contribution in [0.25, 0.3) is 0 Å². The van der Waals surface area contributed by atoms with Crippen LogP contribution in [0.5, 0.6) is 0 Å². The Hall–Kier alpha value is -0.540. The van der Waals surface area contributed by atoms with Crippen molar-refractivity contribution >= 4 is 0 Å². The zero-order chi connectivity index (χ0) is 9.80. The Bertz CT molecular complexity index is 209. The van der Waals surface area contributed by atoms with Crippen LogP contribution >= 0.6 is 0 Å². The van der Waals surface area contributed by atoms with Crippen LogP contribution in [-0.4, -0.2) is 30.9 Å². The second-order valence-electron chi connectivity index (χ2n) is 4.21. The molecule has 1 saturated heterocycles. The molecule has 0 aromatic carbocycles. The lowest BCUT2D eigenvalue weighted by atomic mass is 9.99. The Labute approximate surface area is 85.1 Å². The highest BCUT2D eigenvalue weighted by atomic mass is 16.5.